The van der Waals surface area contributed by atoms with Gasteiger partial charge in [-0.05, 0) is 55.4 Å². The molecular weight excluding hydrogens is 544 g/mol. The molecule has 1 aromatic carbocycles. The van der Waals surface area contributed by atoms with Crippen LogP contribution in [0.25, 0.3) is 22.5 Å². The lowest BCUT2D eigenvalue weighted by Crippen LogP contribution is -2.16. The van der Waals surface area contributed by atoms with Crippen molar-refractivity contribution in [2.24, 2.45) is 5.92 Å². The summed E-state index contributed by atoms with van der Waals surface area (Å²) in [7, 11) is 1.29. The highest BCUT2D eigenvalue weighted by Crippen LogP contribution is 2.39. The highest BCUT2D eigenvalue weighted by atomic mass is 32.2. The summed E-state index contributed by atoms with van der Waals surface area (Å²) in [6.45, 7) is 5.03. The lowest BCUT2D eigenvalue weighted by Gasteiger charge is -2.19. The molecule has 1 amide bonds. The molecule has 1 aliphatic carbocycles. The van der Waals surface area contributed by atoms with Crippen LogP contribution in [0.5, 0.6) is 0 Å². The lowest BCUT2D eigenvalue weighted by molar-refractivity contribution is -0.113. The Morgan fingerprint density at radius 3 is 2.68 bits per heavy atom. The van der Waals surface area contributed by atoms with Crippen molar-refractivity contribution in [2.75, 3.05) is 18.2 Å². The number of carbonyl (C=O) groups excluding carboxylic acids is 2. The smallest absolute Gasteiger partial charge is 0.341 e. The van der Waals surface area contributed by atoms with E-state index in [4.69, 9.17) is 4.74 Å². The molecule has 11 heteroatoms. The number of fused-ring (bicyclic) bond motifs is 1. The molecule has 1 atom stereocenters. The molecule has 0 saturated heterocycles. The summed E-state index contributed by atoms with van der Waals surface area (Å²) in [5.41, 5.74) is 4.02. The first kappa shape index (κ1) is 26.6. The van der Waals surface area contributed by atoms with Crippen molar-refractivity contribution in [3.8, 4) is 22.5 Å². The molecule has 0 saturated carbocycles. The Bertz CT molecular complexity index is 1480. The van der Waals surface area contributed by atoms with E-state index < -0.39 is 5.97 Å². The van der Waals surface area contributed by atoms with Crippen LogP contribution in [-0.4, -0.2) is 39.5 Å². The number of carbonyl (C=O) groups is 2. The number of anilines is 1. The Labute approximate surface area is 232 Å². The zero-order valence-electron chi connectivity index (χ0n) is 21.2. The average molecular weight is 571 g/mol. The van der Waals surface area contributed by atoms with Crippen LogP contribution in [0.4, 0.5) is 9.39 Å². The van der Waals surface area contributed by atoms with Gasteiger partial charge in [0.05, 0.1) is 12.9 Å². The topological polar surface area (TPSA) is 86.1 Å². The number of amides is 1. The summed E-state index contributed by atoms with van der Waals surface area (Å²) in [5, 5.41) is 16.7. The van der Waals surface area contributed by atoms with Gasteiger partial charge in [0.25, 0.3) is 0 Å². The number of rotatable bonds is 8. The first-order valence-electron chi connectivity index (χ1n) is 12.3. The lowest BCUT2D eigenvalue weighted by atomic mass is 9.88. The number of benzene rings is 1. The number of nitrogens with one attached hydrogen (secondary N) is 1. The molecule has 4 aromatic rings. The summed E-state index contributed by atoms with van der Waals surface area (Å²) in [6.07, 6.45) is 3.35. The number of thioether (sulfide) groups is 1. The molecule has 1 aliphatic rings. The summed E-state index contributed by atoms with van der Waals surface area (Å²) in [4.78, 5) is 26.9. The number of hydrogen-bond acceptors (Lipinski definition) is 8. The molecule has 7 nitrogen and oxygen atoms in total. The normalized spacial score (nSPS) is 14.8. The van der Waals surface area contributed by atoms with Crippen LogP contribution in [0.1, 0.15) is 41.1 Å². The van der Waals surface area contributed by atoms with Crippen molar-refractivity contribution in [2.45, 2.75) is 44.8 Å². The van der Waals surface area contributed by atoms with E-state index in [-0.39, 0.29) is 23.0 Å². The predicted octanol–water partition coefficient (Wildman–Crippen LogP) is 6.54. The van der Waals surface area contributed by atoms with Crippen LogP contribution in [0.2, 0.25) is 0 Å². The van der Waals surface area contributed by atoms with E-state index in [0.717, 1.165) is 24.2 Å². The SMILES string of the molecule is CCn1c(SCC(=O)Nc2scc(-c3ccc(F)cc3)c2C(=O)OC)nnc1-c1csc2c1CCC(C)C2. The van der Waals surface area contributed by atoms with Crippen LogP contribution in [0, 0.1) is 11.7 Å². The van der Waals surface area contributed by atoms with Crippen molar-refractivity contribution in [1.29, 1.82) is 0 Å². The van der Waals surface area contributed by atoms with Gasteiger partial charge in [-0.15, -0.1) is 32.9 Å². The van der Waals surface area contributed by atoms with E-state index in [2.05, 4.69) is 32.4 Å². The van der Waals surface area contributed by atoms with Crippen LogP contribution in [-0.2, 0) is 28.9 Å². The highest BCUT2D eigenvalue weighted by molar-refractivity contribution is 7.99. The molecule has 0 spiro atoms. The standard InChI is InChI=1S/C27H27FN4O3S3/c1-4-32-24(20-13-36-21-11-15(2)5-10-18(20)21)30-31-27(32)38-14-22(33)29-25-23(26(34)35-3)19(12-37-25)16-6-8-17(28)9-7-16/h6-9,12-13,15H,4-5,10-11,14H2,1-3H3,(H,29,33). The zero-order chi connectivity index (χ0) is 26.8. The second-order valence-corrected chi connectivity index (χ2v) is 11.9. The summed E-state index contributed by atoms with van der Waals surface area (Å²) in [5.74, 6) is 0.432. The minimum absolute atomic E-state index is 0.0990. The van der Waals surface area contributed by atoms with E-state index in [1.807, 2.05) is 6.92 Å². The molecule has 0 bridgehead atoms. The number of methoxy groups -OCH3 is 1. The summed E-state index contributed by atoms with van der Waals surface area (Å²) < 4.78 is 20.4. The van der Waals surface area contributed by atoms with E-state index in [1.54, 1.807) is 28.8 Å². The number of ether oxygens (including phenoxy) is 1. The molecule has 1 N–H and O–H groups in total. The van der Waals surface area contributed by atoms with Crippen molar-refractivity contribution in [3.05, 3.63) is 56.8 Å². The fraction of sp³-hybridized carbons (Fsp3) is 0.333. The van der Waals surface area contributed by atoms with Gasteiger partial charge in [-0.2, -0.15) is 0 Å². The molecule has 1 unspecified atom stereocenters. The maximum atomic E-state index is 13.4. The van der Waals surface area contributed by atoms with Gasteiger partial charge in [-0.3, -0.25) is 4.79 Å². The van der Waals surface area contributed by atoms with E-state index in [1.165, 1.54) is 59.2 Å². The quantitative estimate of drug-likeness (QED) is 0.191. The Morgan fingerprint density at radius 2 is 1.95 bits per heavy atom. The van der Waals surface area contributed by atoms with Crippen molar-refractivity contribution < 1.29 is 18.7 Å². The third-order valence-electron chi connectivity index (χ3n) is 6.60. The minimum atomic E-state index is -0.572. The fourth-order valence-electron chi connectivity index (χ4n) is 4.63. The molecule has 3 aromatic heterocycles. The second kappa shape index (κ2) is 11.4. The van der Waals surface area contributed by atoms with Gasteiger partial charge in [-0.1, -0.05) is 30.8 Å². The fourth-order valence-corrected chi connectivity index (χ4v) is 7.65. The van der Waals surface area contributed by atoms with Crippen LogP contribution < -0.4 is 5.32 Å². The number of nitrogens with zero attached hydrogens (tertiary/aromatic N) is 3. The van der Waals surface area contributed by atoms with Gasteiger partial charge in [0.1, 0.15) is 16.4 Å². The predicted molar refractivity (Wildman–Crippen MR) is 151 cm³/mol. The Morgan fingerprint density at radius 1 is 1.18 bits per heavy atom. The maximum absolute atomic E-state index is 13.4. The summed E-state index contributed by atoms with van der Waals surface area (Å²) >= 11 is 4.33. The third kappa shape index (κ3) is 5.27. The first-order chi connectivity index (χ1) is 18.4. The number of hydrogen-bond donors (Lipinski definition) is 1. The highest BCUT2D eigenvalue weighted by Gasteiger charge is 2.25. The van der Waals surface area contributed by atoms with Gasteiger partial charge in [0.2, 0.25) is 5.91 Å². The van der Waals surface area contributed by atoms with Gasteiger partial charge in [0.15, 0.2) is 11.0 Å². The number of halogens is 1. The van der Waals surface area contributed by atoms with Gasteiger partial charge < -0.3 is 14.6 Å². The minimum Gasteiger partial charge on any atom is -0.465 e. The molecule has 0 radical (unpaired) electrons. The second-order valence-electron chi connectivity index (χ2n) is 9.14. The van der Waals surface area contributed by atoms with Crippen LogP contribution in [0.3, 0.4) is 0 Å². The van der Waals surface area contributed by atoms with Crippen molar-refractivity contribution in [3.63, 3.8) is 0 Å². The monoisotopic (exact) mass is 570 g/mol. The van der Waals surface area contributed by atoms with Crippen molar-refractivity contribution in [1.82, 2.24) is 14.8 Å². The van der Waals surface area contributed by atoms with Gasteiger partial charge >= 0.3 is 5.97 Å². The van der Waals surface area contributed by atoms with Crippen LogP contribution in [0.15, 0.2) is 40.2 Å². The number of esters is 1. The van der Waals surface area contributed by atoms with E-state index in [0.29, 0.717) is 33.7 Å². The average Bonchev–Trinajstić information content (AvgIpc) is 3.63. The van der Waals surface area contributed by atoms with Crippen LogP contribution >= 0.6 is 34.4 Å². The van der Waals surface area contributed by atoms with E-state index >= 15 is 0 Å². The molecule has 198 valence electrons. The number of thiophene rings is 2. The molecule has 0 fully saturated rings. The third-order valence-corrected chi connectivity index (χ3v) is 9.51. The van der Waals surface area contributed by atoms with Crippen molar-refractivity contribution >= 4 is 51.3 Å². The Balaban J connectivity index is 1.32. The zero-order valence-corrected chi connectivity index (χ0v) is 23.7. The molecule has 3 heterocycles. The maximum Gasteiger partial charge on any atom is 0.341 e. The van der Waals surface area contributed by atoms with Gasteiger partial charge in [0, 0.05) is 33.3 Å². The largest absolute Gasteiger partial charge is 0.465 e. The Kier molecular flexibility index (Phi) is 7.96. The molecular formula is C27H27FN4O3S3. The Hall–Kier alpha value is -3.02. The molecule has 0 aliphatic heterocycles. The number of aromatic nitrogens is 3. The van der Waals surface area contributed by atoms with E-state index in [9.17, 15) is 14.0 Å². The molecule has 38 heavy (non-hydrogen) atoms. The summed E-state index contributed by atoms with van der Waals surface area (Å²) in [6, 6.07) is 5.83. The van der Waals surface area contributed by atoms with Gasteiger partial charge in [-0.25, -0.2) is 9.18 Å². The first-order valence-corrected chi connectivity index (χ1v) is 15.0. The molecule has 5 rings (SSSR count).